The molecule has 1 N–H and O–H groups in total. The molecule has 4 atom stereocenters. The lowest BCUT2D eigenvalue weighted by Gasteiger charge is -2.43. The molecule has 1 aromatic heterocycles. The third kappa shape index (κ3) is 5.80. The highest BCUT2D eigenvalue weighted by Crippen LogP contribution is 2.42. The Labute approximate surface area is 284 Å². The minimum atomic E-state index is -3.85. The zero-order valence-electron chi connectivity index (χ0n) is 27.5. The van der Waals surface area contributed by atoms with E-state index in [0.717, 1.165) is 18.4 Å². The molecule has 13 nitrogen and oxygen atoms in total. The van der Waals surface area contributed by atoms with Crippen LogP contribution < -0.4 is 10.1 Å². The number of hydrogen-bond acceptors (Lipinski definition) is 9. The summed E-state index contributed by atoms with van der Waals surface area (Å²) in [6.07, 6.45) is 4.48. The summed E-state index contributed by atoms with van der Waals surface area (Å²) in [7, 11) is -2.27. The van der Waals surface area contributed by atoms with Crippen molar-refractivity contribution in [1.82, 2.24) is 24.6 Å². The van der Waals surface area contributed by atoms with Gasteiger partial charge in [-0.15, -0.1) is 0 Å². The van der Waals surface area contributed by atoms with E-state index < -0.39 is 45.8 Å². The highest BCUT2D eigenvalue weighted by Gasteiger charge is 2.45. The quantitative estimate of drug-likeness (QED) is 0.351. The molecule has 7 rings (SSSR count). The number of sulfonamides is 1. The van der Waals surface area contributed by atoms with Gasteiger partial charge in [0.25, 0.3) is 11.8 Å². The molecule has 1 saturated carbocycles. The molecule has 49 heavy (non-hydrogen) atoms. The lowest BCUT2D eigenvalue weighted by molar-refractivity contribution is -0.146. The molecular weight excluding hydrogens is 650 g/mol. The van der Waals surface area contributed by atoms with Gasteiger partial charge in [0, 0.05) is 37.5 Å². The van der Waals surface area contributed by atoms with Crippen LogP contribution in [-0.4, -0.2) is 90.6 Å². The number of rotatable bonds is 8. The number of ether oxygens (including phenoxy) is 1. The van der Waals surface area contributed by atoms with Crippen molar-refractivity contribution in [3.8, 4) is 5.75 Å². The highest BCUT2D eigenvalue weighted by molar-refractivity contribution is 7.89. The number of aryl methyl sites for hydroxylation is 1. The summed E-state index contributed by atoms with van der Waals surface area (Å²) in [5.41, 5.74) is 2.22. The van der Waals surface area contributed by atoms with E-state index in [9.17, 15) is 27.6 Å². The Kier molecular flexibility index (Phi) is 8.78. The number of fused-ring (bicyclic) bond motifs is 2. The summed E-state index contributed by atoms with van der Waals surface area (Å²) in [6, 6.07) is 11.5. The van der Waals surface area contributed by atoms with Crippen molar-refractivity contribution < 1.29 is 36.9 Å². The molecule has 4 heterocycles. The molecule has 2 fully saturated rings. The van der Waals surface area contributed by atoms with E-state index in [1.54, 1.807) is 49.2 Å². The van der Waals surface area contributed by atoms with Crippen molar-refractivity contribution in [2.75, 3.05) is 33.2 Å². The van der Waals surface area contributed by atoms with E-state index in [0.29, 0.717) is 54.7 Å². The minimum Gasteiger partial charge on any atom is -0.489 e. The maximum Gasteiger partial charge on any atom is 0.261 e. The molecule has 258 valence electrons. The fourth-order valence-corrected chi connectivity index (χ4v) is 9.44. The van der Waals surface area contributed by atoms with Crippen LogP contribution in [0.2, 0.25) is 0 Å². The SMILES string of the molecule is CNC(=O)[C@H]1CCCC[C@H]1C(=O)N1CCc2cccc(OC3CCN(S(=O)(=O)c4cnoc4C)C3)c2[C@H]1CN1C(=O)c2ccccc2C1=O. The maximum atomic E-state index is 14.5. The van der Waals surface area contributed by atoms with E-state index in [1.165, 1.54) is 15.4 Å². The average molecular weight is 690 g/mol. The predicted octanol–water partition coefficient (Wildman–Crippen LogP) is 3.10. The molecule has 0 radical (unpaired) electrons. The summed E-state index contributed by atoms with van der Waals surface area (Å²) in [5, 5.41) is 6.35. The van der Waals surface area contributed by atoms with Crippen LogP contribution in [0.15, 0.2) is 58.1 Å². The first kappa shape index (κ1) is 33.0. The van der Waals surface area contributed by atoms with Gasteiger partial charge in [0.2, 0.25) is 21.8 Å². The number of carbonyl (C=O) groups excluding carboxylic acids is 4. The summed E-state index contributed by atoms with van der Waals surface area (Å²) >= 11 is 0. The standard InChI is InChI=1S/C35H39N5O8S/c1-21-30(18-37-48-21)49(45,46)38-16-15-23(19-38)47-29-13-7-8-22-14-17-39(33(42)25-10-4-3-9-24(25)32(41)36-2)28(31(22)29)20-40-34(43)26-11-5-6-12-27(26)35(40)44/h5-8,11-13,18,23-25,28H,3-4,9-10,14-17,19-20H2,1-2H3,(H,36,41)/t23?,24-,25+,28+/m0/s1. The third-order valence-corrected chi connectivity index (χ3v) is 12.4. The van der Waals surface area contributed by atoms with Crippen LogP contribution in [-0.2, 0) is 26.0 Å². The summed E-state index contributed by atoms with van der Waals surface area (Å²) < 4.78 is 39.6. The van der Waals surface area contributed by atoms with Crippen molar-refractivity contribution in [1.29, 1.82) is 0 Å². The van der Waals surface area contributed by atoms with E-state index in [1.807, 2.05) is 12.1 Å². The second-order valence-electron chi connectivity index (χ2n) is 13.1. The topological polar surface area (TPSA) is 159 Å². The van der Waals surface area contributed by atoms with Gasteiger partial charge in [-0.3, -0.25) is 24.1 Å². The second-order valence-corrected chi connectivity index (χ2v) is 15.0. The highest BCUT2D eigenvalue weighted by atomic mass is 32.2. The van der Waals surface area contributed by atoms with E-state index in [-0.39, 0.29) is 42.1 Å². The number of nitrogens with zero attached hydrogens (tertiary/aromatic N) is 4. The van der Waals surface area contributed by atoms with Gasteiger partial charge in [0.1, 0.15) is 16.7 Å². The zero-order valence-corrected chi connectivity index (χ0v) is 28.3. The Balaban J connectivity index is 1.22. The molecule has 0 spiro atoms. The number of hydrogen-bond donors (Lipinski definition) is 1. The Morgan fingerprint density at radius 1 is 0.980 bits per heavy atom. The normalized spacial score (nSPS) is 24.1. The fraction of sp³-hybridized carbons (Fsp3) is 0.457. The number of nitrogens with one attached hydrogen (secondary N) is 1. The maximum absolute atomic E-state index is 14.5. The smallest absolute Gasteiger partial charge is 0.261 e. The first-order valence-corrected chi connectivity index (χ1v) is 18.2. The number of benzene rings is 2. The van der Waals surface area contributed by atoms with Gasteiger partial charge in [0.15, 0.2) is 5.76 Å². The van der Waals surface area contributed by atoms with Crippen molar-refractivity contribution in [3.63, 3.8) is 0 Å². The van der Waals surface area contributed by atoms with Crippen LogP contribution in [0.4, 0.5) is 0 Å². The molecule has 3 aromatic rings. The molecule has 1 unspecified atom stereocenters. The molecular formula is C35H39N5O8S. The number of amides is 4. The fourth-order valence-electron chi connectivity index (χ4n) is 7.88. The number of aromatic nitrogens is 1. The number of imide groups is 1. The van der Waals surface area contributed by atoms with Gasteiger partial charge >= 0.3 is 0 Å². The van der Waals surface area contributed by atoms with E-state index >= 15 is 0 Å². The molecule has 14 heteroatoms. The zero-order chi connectivity index (χ0) is 34.4. The first-order chi connectivity index (χ1) is 23.6. The van der Waals surface area contributed by atoms with Crippen LogP contribution in [0.1, 0.15) is 75.7 Å². The van der Waals surface area contributed by atoms with Gasteiger partial charge in [-0.25, -0.2) is 8.42 Å². The molecule has 0 bridgehead atoms. The summed E-state index contributed by atoms with van der Waals surface area (Å²) in [5.74, 6) is -1.55. The lowest BCUT2D eigenvalue weighted by atomic mass is 9.77. The van der Waals surface area contributed by atoms with Crippen molar-refractivity contribution >= 4 is 33.7 Å². The Morgan fingerprint density at radius 3 is 2.37 bits per heavy atom. The van der Waals surface area contributed by atoms with Crippen LogP contribution in [0.25, 0.3) is 0 Å². The third-order valence-electron chi connectivity index (χ3n) is 10.4. The predicted molar refractivity (Wildman–Crippen MR) is 175 cm³/mol. The van der Waals surface area contributed by atoms with Gasteiger partial charge < -0.3 is 19.5 Å². The lowest BCUT2D eigenvalue weighted by Crippen LogP contribution is -2.51. The second kappa shape index (κ2) is 13.0. The summed E-state index contributed by atoms with van der Waals surface area (Å²) in [6.45, 7) is 2.12. The van der Waals surface area contributed by atoms with Crippen LogP contribution in [0.3, 0.4) is 0 Å². The van der Waals surface area contributed by atoms with Gasteiger partial charge in [-0.1, -0.05) is 42.3 Å². The van der Waals surface area contributed by atoms with Crippen molar-refractivity contribution in [3.05, 3.63) is 76.7 Å². The van der Waals surface area contributed by atoms with Crippen molar-refractivity contribution in [2.24, 2.45) is 11.8 Å². The van der Waals surface area contributed by atoms with Gasteiger partial charge in [-0.2, -0.15) is 4.31 Å². The molecule has 2 aromatic carbocycles. The largest absolute Gasteiger partial charge is 0.489 e. The molecule has 1 aliphatic carbocycles. The Bertz CT molecular complexity index is 1890. The summed E-state index contributed by atoms with van der Waals surface area (Å²) in [4.78, 5) is 57.6. The van der Waals surface area contributed by atoms with Crippen LogP contribution >= 0.6 is 0 Å². The van der Waals surface area contributed by atoms with Crippen LogP contribution in [0, 0.1) is 18.8 Å². The Morgan fingerprint density at radius 2 is 1.69 bits per heavy atom. The van der Waals surface area contributed by atoms with Gasteiger partial charge in [0.05, 0.1) is 36.5 Å². The van der Waals surface area contributed by atoms with E-state index in [4.69, 9.17) is 9.26 Å². The molecule has 4 aliphatic rings. The first-order valence-electron chi connectivity index (χ1n) is 16.8. The monoisotopic (exact) mass is 689 g/mol. The average Bonchev–Trinajstić information content (AvgIpc) is 3.84. The molecule has 1 saturated heterocycles. The van der Waals surface area contributed by atoms with Crippen molar-refractivity contribution in [2.45, 2.75) is 62.5 Å². The molecule has 4 amide bonds. The van der Waals surface area contributed by atoms with E-state index in [2.05, 4.69) is 10.5 Å². The molecule has 3 aliphatic heterocycles. The number of carbonyl (C=O) groups is 4. The van der Waals surface area contributed by atoms with Gasteiger partial charge in [-0.05, 0) is 56.4 Å². The van der Waals surface area contributed by atoms with Crippen LogP contribution in [0.5, 0.6) is 5.75 Å². The Hall–Kier alpha value is -4.56. The minimum absolute atomic E-state index is 0.0122.